The van der Waals surface area contributed by atoms with E-state index in [0.717, 1.165) is 28.1 Å². The van der Waals surface area contributed by atoms with Gasteiger partial charge in [0.05, 0.1) is 5.69 Å². The topological polar surface area (TPSA) is 74.1 Å². The molecule has 2 aromatic heterocycles. The Balaban J connectivity index is 1.47. The molecule has 0 spiro atoms. The van der Waals surface area contributed by atoms with E-state index in [4.69, 9.17) is 9.47 Å². The zero-order valence-electron chi connectivity index (χ0n) is 16.3. The molecule has 2 aromatic carbocycles. The summed E-state index contributed by atoms with van der Waals surface area (Å²) in [5.41, 5.74) is 3.73. The standard InChI is InChI=1S/C22H22N4O3/c1-16-5-3-8-21(26-22(27)25(2)24-26)20(16)15-29-19-7-4-6-18(13-19)28-14-17-9-11-23-12-10-17/h3-13,24H,14-15H2,1-2H3. The van der Waals surface area contributed by atoms with Gasteiger partial charge in [-0.25, -0.2) is 14.7 Å². The molecule has 0 saturated heterocycles. The molecule has 0 unspecified atom stereocenters. The number of aryl methyl sites for hydroxylation is 2. The maximum absolute atomic E-state index is 12.1. The van der Waals surface area contributed by atoms with Gasteiger partial charge in [-0.2, -0.15) is 4.68 Å². The maximum Gasteiger partial charge on any atom is 0.364 e. The first-order valence-corrected chi connectivity index (χ1v) is 9.29. The van der Waals surface area contributed by atoms with Gasteiger partial charge in [0.25, 0.3) is 0 Å². The molecule has 0 saturated carbocycles. The molecule has 0 bridgehead atoms. The van der Waals surface area contributed by atoms with Crippen LogP contribution in [0.4, 0.5) is 0 Å². The maximum atomic E-state index is 12.1. The Morgan fingerprint density at radius 1 is 0.966 bits per heavy atom. The SMILES string of the molecule is Cc1cccc(-n2[nH]n(C)c2=O)c1COc1cccc(OCc2ccncc2)c1. The lowest BCUT2D eigenvalue weighted by molar-refractivity contribution is 0.288. The number of rotatable bonds is 7. The van der Waals surface area contributed by atoms with Crippen LogP contribution in [0.15, 0.2) is 71.8 Å². The number of nitrogens with one attached hydrogen (secondary N) is 1. The van der Waals surface area contributed by atoms with Gasteiger partial charge in [-0.15, -0.1) is 0 Å². The van der Waals surface area contributed by atoms with Gasteiger partial charge < -0.3 is 9.47 Å². The van der Waals surface area contributed by atoms with E-state index in [1.807, 2.05) is 61.5 Å². The smallest absolute Gasteiger partial charge is 0.364 e. The van der Waals surface area contributed by atoms with Crippen molar-refractivity contribution in [1.82, 2.24) is 19.6 Å². The van der Waals surface area contributed by atoms with Crippen LogP contribution in [0, 0.1) is 6.92 Å². The van der Waals surface area contributed by atoms with Crippen LogP contribution in [0.2, 0.25) is 0 Å². The minimum atomic E-state index is -0.108. The molecule has 0 aliphatic rings. The van der Waals surface area contributed by atoms with E-state index in [0.29, 0.717) is 19.0 Å². The molecule has 4 aromatic rings. The minimum Gasteiger partial charge on any atom is -0.489 e. The Morgan fingerprint density at radius 3 is 2.34 bits per heavy atom. The predicted molar refractivity (Wildman–Crippen MR) is 109 cm³/mol. The largest absolute Gasteiger partial charge is 0.489 e. The highest BCUT2D eigenvalue weighted by Crippen LogP contribution is 2.24. The number of H-pyrrole nitrogens is 1. The number of aromatic amines is 1. The molecule has 148 valence electrons. The van der Waals surface area contributed by atoms with E-state index >= 15 is 0 Å². The summed E-state index contributed by atoms with van der Waals surface area (Å²) in [6.45, 7) is 2.81. The van der Waals surface area contributed by atoms with Crippen molar-refractivity contribution in [2.75, 3.05) is 0 Å². The summed E-state index contributed by atoms with van der Waals surface area (Å²) in [6.07, 6.45) is 3.49. The number of aromatic nitrogens is 4. The molecule has 0 aliphatic carbocycles. The second kappa shape index (κ2) is 8.10. The van der Waals surface area contributed by atoms with Crippen molar-refractivity contribution in [1.29, 1.82) is 0 Å². The van der Waals surface area contributed by atoms with Crippen molar-refractivity contribution >= 4 is 0 Å². The summed E-state index contributed by atoms with van der Waals surface area (Å²) in [5.74, 6) is 1.43. The lowest BCUT2D eigenvalue weighted by Gasteiger charge is -2.18. The fourth-order valence-corrected chi connectivity index (χ4v) is 3.04. The van der Waals surface area contributed by atoms with E-state index < -0.39 is 0 Å². The van der Waals surface area contributed by atoms with Gasteiger partial charge in [-0.1, -0.05) is 18.2 Å². The lowest BCUT2D eigenvalue weighted by atomic mass is 10.1. The molecular formula is C22H22N4O3. The van der Waals surface area contributed by atoms with Crippen LogP contribution in [0.1, 0.15) is 16.7 Å². The second-order valence-electron chi connectivity index (χ2n) is 6.76. The minimum absolute atomic E-state index is 0.108. The zero-order chi connectivity index (χ0) is 20.2. The van der Waals surface area contributed by atoms with E-state index in [-0.39, 0.29) is 5.69 Å². The number of hydrogen-bond donors (Lipinski definition) is 1. The van der Waals surface area contributed by atoms with Crippen molar-refractivity contribution in [2.24, 2.45) is 7.05 Å². The van der Waals surface area contributed by atoms with E-state index in [1.165, 1.54) is 9.36 Å². The van der Waals surface area contributed by atoms with Gasteiger partial charge in [0, 0.05) is 31.1 Å². The Bertz CT molecular complexity index is 1160. The van der Waals surface area contributed by atoms with Gasteiger partial charge >= 0.3 is 5.69 Å². The molecule has 0 amide bonds. The summed E-state index contributed by atoms with van der Waals surface area (Å²) >= 11 is 0. The predicted octanol–water partition coefficient (Wildman–Crippen LogP) is 3.37. The van der Waals surface area contributed by atoms with Gasteiger partial charge in [0.15, 0.2) is 0 Å². The number of benzene rings is 2. The molecule has 1 N–H and O–H groups in total. The molecule has 0 atom stereocenters. The summed E-state index contributed by atoms with van der Waals surface area (Å²) in [5, 5.41) is 2.95. The van der Waals surface area contributed by atoms with Gasteiger partial charge in [-0.05, 0) is 48.4 Å². The van der Waals surface area contributed by atoms with Crippen LogP contribution < -0.4 is 15.2 Å². The Labute approximate surface area is 168 Å². The van der Waals surface area contributed by atoms with Crippen LogP contribution in [0.3, 0.4) is 0 Å². The van der Waals surface area contributed by atoms with E-state index in [1.54, 1.807) is 19.4 Å². The van der Waals surface area contributed by atoms with Crippen molar-refractivity contribution in [3.8, 4) is 17.2 Å². The fraction of sp³-hybridized carbons (Fsp3) is 0.182. The van der Waals surface area contributed by atoms with Gasteiger partial charge in [0.2, 0.25) is 0 Å². The quantitative estimate of drug-likeness (QED) is 0.525. The van der Waals surface area contributed by atoms with Crippen LogP contribution >= 0.6 is 0 Å². The first-order valence-electron chi connectivity index (χ1n) is 9.29. The first-order chi connectivity index (χ1) is 14.1. The number of hydrogen-bond acceptors (Lipinski definition) is 4. The fourth-order valence-electron chi connectivity index (χ4n) is 3.04. The molecule has 0 fully saturated rings. The van der Waals surface area contributed by atoms with Crippen LogP contribution in [0.25, 0.3) is 5.69 Å². The third-order valence-electron chi connectivity index (χ3n) is 4.70. The van der Waals surface area contributed by atoms with Crippen LogP contribution in [-0.2, 0) is 20.3 Å². The summed E-state index contributed by atoms with van der Waals surface area (Å²) in [6, 6.07) is 17.2. The zero-order valence-corrected chi connectivity index (χ0v) is 16.3. The molecule has 7 heteroatoms. The molecular weight excluding hydrogens is 368 g/mol. The normalized spacial score (nSPS) is 10.8. The molecule has 7 nitrogen and oxygen atoms in total. The average molecular weight is 390 g/mol. The first kappa shape index (κ1) is 18.6. The van der Waals surface area contributed by atoms with Crippen molar-refractivity contribution in [2.45, 2.75) is 20.1 Å². The van der Waals surface area contributed by atoms with Crippen molar-refractivity contribution in [3.63, 3.8) is 0 Å². The highest BCUT2D eigenvalue weighted by molar-refractivity contribution is 5.45. The second-order valence-corrected chi connectivity index (χ2v) is 6.76. The lowest BCUT2D eigenvalue weighted by Crippen LogP contribution is -2.40. The number of ether oxygens (including phenoxy) is 2. The molecule has 2 heterocycles. The Hall–Kier alpha value is -3.74. The molecule has 0 radical (unpaired) electrons. The van der Waals surface area contributed by atoms with Crippen LogP contribution in [-0.4, -0.2) is 19.6 Å². The third-order valence-corrected chi connectivity index (χ3v) is 4.70. The monoisotopic (exact) mass is 390 g/mol. The van der Waals surface area contributed by atoms with Gasteiger partial charge in [-0.3, -0.25) is 4.98 Å². The van der Waals surface area contributed by atoms with Crippen molar-refractivity contribution in [3.05, 3.63) is 94.2 Å². The third kappa shape index (κ3) is 4.08. The van der Waals surface area contributed by atoms with Gasteiger partial charge in [0.1, 0.15) is 24.7 Å². The Morgan fingerprint density at radius 2 is 1.66 bits per heavy atom. The molecule has 0 aliphatic heterocycles. The molecule has 29 heavy (non-hydrogen) atoms. The highest BCUT2D eigenvalue weighted by Gasteiger charge is 2.14. The van der Waals surface area contributed by atoms with Crippen molar-refractivity contribution < 1.29 is 9.47 Å². The summed E-state index contributed by atoms with van der Waals surface area (Å²) in [7, 11) is 1.68. The summed E-state index contributed by atoms with van der Waals surface area (Å²) in [4.78, 5) is 16.1. The van der Waals surface area contributed by atoms with E-state index in [2.05, 4.69) is 10.2 Å². The molecule has 4 rings (SSSR count). The van der Waals surface area contributed by atoms with E-state index in [9.17, 15) is 4.79 Å². The summed E-state index contributed by atoms with van der Waals surface area (Å²) < 4.78 is 14.8. The average Bonchev–Trinajstić information content (AvgIpc) is 2.76. The number of nitrogens with zero attached hydrogens (tertiary/aromatic N) is 3. The van der Waals surface area contributed by atoms with Crippen LogP contribution in [0.5, 0.6) is 11.5 Å². The number of pyridine rings is 1. The highest BCUT2D eigenvalue weighted by atomic mass is 16.5. The Kier molecular flexibility index (Phi) is 5.20.